The van der Waals surface area contributed by atoms with Gasteiger partial charge in [-0.3, -0.25) is 4.79 Å². The molecule has 2 aromatic rings. The zero-order valence-electron chi connectivity index (χ0n) is 15.4. The van der Waals surface area contributed by atoms with E-state index in [-0.39, 0.29) is 11.9 Å². The predicted octanol–water partition coefficient (Wildman–Crippen LogP) is 4.31. The van der Waals surface area contributed by atoms with Crippen LogP contribution in [0, 0.1) is 18.3 Å². The smallest absolute Gasteiger partial charge is 0.225 e. The molecular formula is C22H22ClN3O. The molecule has 1 heterocycles. The largest absolute Gasteiger partial charge is 0.362 e. The summed E-state index contributed by atoms with van der Waals surface area (Å²) in [5, 5.41) is 9.58. The number of rotatable bonds is 6. The Hall–Kier alpha value is -2.77. The van der Waals surface area contributed by atoms with Crippen LogP contribution in [0.4, 0.5) is 5.69 Å². The molecule has 1 aliphatic rings. The van der Waals surface area contributed by atoms with Crippen molar-refractivity contribution >= 4 is 23.2 Å². The zero-order valence-corrected chi connectivity index (χ0v) is 16.1. The van der Waals surface area contributed by atoms with Crippen molar-refractivity contribution < 1.29 is 4.79 Å². The normalized spacial score (nSPS) is 16.3. The Bertz CT molecular complexity index is 903. The van der Waals surface area contributed by atoms with Crippen molar-refractivity contribution in [1.29, 1.82) is 5.26 Å². The third-order valence-corrected chi connectivity index (χ3v) is 5.30. The first kappa shape index (κ1) is 19.0. The van der Waals surface area contributed by atoms with Crippen molar-refractivity contribution in [1.82, 2.24) is 4.90 Å². The summed E-state index contributed by atoms with van der Waals surface area (Å²) in [5.41, 5.74) is 3.77. The van der Waals surface area contributed by atoms with E-state index in [0.29, 0.717) is 36.6 Å². The van der Waals surface area contributed by atoms with E-state index in [1.165, 1.54) is 11.1 Å². The summed E-state index contributed by atoms with van der Waals surface area (Å²) in [6, 6.07) is 15.8. The summed E-state index contributed by atoms with van der Waals surface area (Å²) >= 11 is 6.28. The lowest BCUT2D eigenvalue weighted by Crippen LogP contribution is -2.37. The van der Waals surface area contributed by atoms with Crippen molar-refractivity contribution in [3.8, 4) is 6.07 Å². The van der Waals surface area contributed by atoms with E-state index >= 15 is 0 Å². The van der Waals surface area contributed by atoms with Gasteiger partial charge < -0.3 is 9.80 Å². The third kappa shape index (κ3) is 4.15. The first-order valence-corrected chi connectivity index (χ1v) is 9.30. The van der Waals surface area contributed by atoms with Crippen LogP contribution in [0.15, 0.2) is 55.1 Å². The molecule has 0 aliphatic carbocycles. The number of anilines is 1. The maximum absolute atomic E-state index is 12.4. The second-order valence-electron chi connectivity index (χ2n) is 6.78. The number of benzene rings is 2. The Labute approximate surface area is 165 Å². The molecule has 0 spiro atoms. The average molecular weight is 380 g/mol. The molecule has 5 heteroatoms. The number of hydrogen-bond donors (Lipinski definition) is 0. The van der Waals surface area contributed by atoms with E-state index in [1.54, 1.807) is 12.1 Å². The Kier molecular flexibility index (Phi) is 5.83. The summed E-state index contributed by atoms with van der Waals surface area (Å²) in [4.78, 5) is 16.4. The molecule has 1 amide bonds. The van der Waals surface area contributed by atoms with Gasteiger partial charge in [0.05, 0.1) is 16.6 Å². The molecule has 0 radical (unpaired) electrons. The molecule has 1 atom stereocenters. The van der Waals surface area contributed by atoms with Crippen LogP contribution < -0.4 is 4.90 Å². The minimum atomic E-state index is 0.0426. The van der Waals surface area contributed by atoms with Crippen LogP contribution in [0.25, 0.3) is 0 Å². The van der Waals surface area contributed by atoms with Gasteiger partial charge in [-0.1, -0.05) is 41.9 Å². The average Bonchev–Trinajstić information content (AvgIpc) is 3.01. The van der Waals surface area contributed by atoms with Crippen molar-refractivity contribution in [3.05, 3.63) is 76.8 Å². The molecule has 1 saturated heterocycles. The van der Waals surface area contributed by atoms with Crippen LogP contribution in [0.5, 0.6) is 0 Å². The van der Waals surface area contributed by atoms with E-state index < -0.39 is 0 Å². The molecule has 4 nitrogen and oxygen atoms in total. The number of amides is 1. The van der Waals surface area contributed by atoms with Gasteiger partial charge in [0.2, 0.25) is 5.91 Å². The highest BCUT2D eigenvalue weighted by atomic mass is 35.5. The number of carbonyl (C=O) groups is 1. The number of nitriles is 1. The van der Waals surface area contributed by atoms with Crippen LogP contribution in [-0.4, -0.2) is 29.9 Å². The number of aryl methyl sites for hydroxylation is 1. The lowest BCUT2D eigenvalue weighted by Gasteiger charge is -2.32. The minimum absolute atomic E-state index is 0.0426. The van der Waals surface area contributed by atoms with Crippen molar-refractivity contribution in [3.63, 3.8) is 0 Å². The lowest BCUT2D eigenvalue weighted by molar-refractivity contribution is -0.127. The molecule has 0 saturated carbocycles. The first-order chi connectivity index (χ1) is 13.0. The maximum Gasteiger partial charge on any atom is 0.225 e. The lowest BCUT2D eigenvalue weighted by atomic mass is 10.1. The number of halogens is 1. The predicted molar refractivity (Wildman–Crippen MR) is 109 cm³/mol. The Balaban J connectivity index is 1.95. The van der Waals surface area contributed by atoms with Gasteiger partial charge in [-0.15, -0.1) is 6.58 Å². The first-order valence-electron chi connectivity index (χ1n) is 8.93. The summed E-state index contributed by atoms with van der Waals surface area (Å²) in [6.45, 7) is 7.71. The zero-order chi connectivity index (χ0) is 19.4. The third-order valence-electron chi connectivity index (χ3n) is 4.99. The SMILES string of the molecule is C=CCN1C[C@@H](N(Cc2ccccc2C)c2ccc(C#N)c(Cl)c2)CC1=O. The molecular weight excluding hydrogens is 358 g/mol. The van der Waals surface area contributed by atoms with E-state index in [9.17, 15) is 4.79 Å². The van der Waals surface area contributed by atoms with Crippen LogP contribution in [0.2, 0.25) is 5.02 Å². The van der Waals surface area contributed by atoms with E-state index in [0.717, 1.165) is 5.69 Å². The summed E-state index contributed by atoms with van der Waals surface area (Å²) in [6.07, 6.45) is 2.21. The van der Waals surface area contributed by atoms with Gasteiger partial charge in [0.25, 0.3) is 0 Å². The van der Waals surface area contributed by atoms with Gasteiger partial charge in [-0.25, -0.2) is 0 Å². The van der Waals surface area contributed by atoms with Gasteiger partial charge in [0.15, 0.2) is 0 Å². The van der Waals surface area contributed by atoms with Crippen LogP contribution >= 0.6 is 11.6 Å². The number of hydrogen-bond acceptors (Lipinski definition) is 3. The minimum Gasteiger partial charge on any atom is -0.362 e. The molecule has 27 heavy (non-hydrogen) atoms. The van der Waals surface area contributed by atoms with Crippen LogP contribution in [0.1, 0.15) is 23.1 Å². The van der Waals surface area contributed by atoms with Crippen molar-refractivity contribution in [2.75, 3.05) is 18.0 Å². The number of likely N-dealkylation sites (tertiary alicyclic amines) is 1. The summed E-state index contributed by atoms with van der Waals surface area (Å²) in [7, 11) is 0. The van der Waals surface area contributed by atoms with Gasteiger partial charge in [0, 0.05) is 31.7 Å². The van der Waals surface area contributed by atoms with Gasteiger partial charge >= 0.3 is 0 Å². The van der Waals surface area contributed by atoms with Gasteiger partial charge in [-0.05, 0) is 36.2 Å². The topological polar surface area (TPSA) is 47.3 Å². The van der Waals surface area contributed by atoms with Gasteiger partial charge in [-0.2, -0.15) is 5.26 Å². The van der Waals surface area contributed by atoms with Crippen LogP contribution in [-0.2, 0) is 11.3 Å². The molecule has 2 aromatic carbocycles. The monoisotopic (exact) mass is 379 g/mol. The Morgan fingerprint density at radius 1 is 1.37 bits per heavy atom. The molecule has 0 unspecified atom stereocenters. The highest BCUT2D eigenvalue weighted by molar-refractivity contribution is 6.32. The molecule has 0 N–H and O–H groups in total. The summed E-state index contributed by atoms with van der Waals surface area (Å²) in [5.74, 6) is 0.134. The molecule has 0 bridgehead atoms. The second kappa shape index (κ2) is 8.28. The van der Waals surface area contributed by atoms with Gasteiger partial charge in [0.1, 0.15) is 6.07 Å². The molecule has 0 aromatic heterocycles. The van der Waals surface area contributed by atoms with E-state index in [4.69, 9.17) is 16.9 Å². The quantitative estimate of drug-likeness (QED) is 0.702. The Morgan fingerprint density at radius 3 is 2.81 bits per heavy atom. The second-order valence-corrected chi connectivity index (χ2v) is 7.18. The maximum atomic E-state index is 12.4. The van der Waals surface area contributed by atoms with Crippen LogP contribution in [0.3, 0.4) is 0 Å². The fraction of sp³-hybridized carbons (Fsp3) is 0.273. The Morgan fingerprint density at radius 2 is 2.15 bits per heavy atom. The fourth-order valence-corrected chi connectivity index (χ4v) is 3.68. The standard InChI is InChI=1S/C22H22ClN3O/c1-3-10-25-15-20(12-22(25)27)26(14-18-7-5-4-6-16(18)2)19-9-8-17(13-24)21(23)11-19/h3-9,11,20H,1,10,12,14-15H2,2H3/t20-/m0/s1. The fourth-order valence-electron chi connectivity index (χ4n) is 3.47. The molecule has 3 rings (SSSR count). The van der Waals surface area contributed by atoms with Crippen molar-refractivity contribution in [2.45, 2.75) is 25.9 Å². The highest BCUT2D eigenvalue weighted by Crippen LogP contribution is 2.30. The molecule has 1 fully saturated rings. The van der Waals surface area contributed by atoms with Crippen molar-refractivity contribution in [2.24, 2.45) is 0 Å². The molecule has 1 aliphatic heterocycles. The summed E-state index contributed by atoms with van der Waals surface area (Å²) < 4.78 is 0. The molecule has 138 valence electrons. The number of carbonyl (C=O) groups excluding carboxylic acids is 1. The highest BCUT2D eigenvalue weighted by Gasteiger charge is 2.33. The van der Waals surface area contributed by atoms with E-state index in [1.807, 2.05) is 29.2 Å². The number of nitrogens with zero attached hydrogens (tertiary/aromatic N) is 3. The van der Waals surface area contributed by atoms with E-state index in [2.05, 4.69) is 36.6 Å².